The molecule has 0 aliphatic heterocycles. The second-order valence-electron chi connectivity index (χ2n) is 6.56. The maximum Gasteiger partial charge on any atom is 0.293 e. The minimum absolute atomic E-state index is 0.0437. The van der Waals surface area contributed by atoms with Gasteiger partial charge in [-0.15, -0.1) is 0 Å². The third kappa shape index (κ3) is 3.79. The van der Waals surface area contributed by atoms with Crippen LogP contribution in [-0.4, -0.2) is 19.4 Å². The molecule has 31 heavy (non-hydrogen) atoms. The van der Waals surface area contributed by atoms with Gasteiger partial charge in [-0.25, -0.2) is 4.98 Å². The molecule has 0 atom stereocenters. The average Bonchev–Trinajstić information content (AvgIpc) is 2.78. The molecule has 0 N–H and O–H groups in total. The summed E-state index contributed by atoms with van der Waals surface area (Å²) in [6.07, 6.45) is 3.18. The number of nitro benzene ring substituents is 2. The molecule has 0 fully saturated rings. The van der Waals surface area contributed by atoms with Crippen molar-refractivity contribution in [2.45, 2.75) is 0 Å². The molecule has 4 aromatic rings. The molecule has 4 rings (SSSR count). The first-order valence-corrected chi connectivity index (χ1v) is 9.14. The van der Waals surface area contributed by atoms with Crippen molar-refractivity contribution in [2.75, 3.05) is 0 Å². The topological polar surface area (TPSA) is 121 Å². The number of fused-ring (bicyclic) bond motifs is 1. The number of para-hydroxylation sites is 3. The Morgan fingerprint density at radius 1 is 0.806 bits per heavy atom. The molecule has 0 bridgehead atoms. The van der Waals surface area contributed by atoms with Crippen LogP contribution in [0.5, 0.6) is 0 Å². The Morgan fingerprint density at radius 3 is 2.19 bits per heavy atom. The highest BCUT2D eigenvalue weighted by Crippen LogP contribution is 2.24. The lowest BCUT2D eigenvalue weighted by Crippen LogP contribution is -2.23. The van der Waals surface area contributed by atoms with E-state index in [9.17, 15) is 25.0 Å². The maximum absolute atomic E-state index is 13.2. The van der Waals surface area contributed by atoms with Crippen LogP contribution in [-0.2, 0) is 0 Å². The van der Waals surface area contributed by atoms with Crippen molar-refractivity contribution >= 4 is 34.4 Å². The van der Waals surface area contributed by atoms with E-state index in [4.69, 9.17) is 0 Å². The quantitative estimate of drug-likeness (QED) is 0.353. The summed E-state index contributed by atoms with van der Waals surface area (Å²) in [5, 5.41) is 22.7. The van der Waals surface area contributed by atoms with Crippen LogP contribution in [0.4, 0.5) is 11.4 Å². The van der Waals surface area contributed by atoms with Crippen LogP contribution >= 0.6 is 0 Å². The minimum Gasteiger partial charge on any atom is -0.268 e. The number of nitrogens with zero attached hydrogens (tertiary/aromatic N) is 4. The molecule has 152 valence electrons. The number of benzene rings is 3. The Kier molecular flexibility index (Phi) is 5.07. The number of aromatic nitrogens is 2. The Bertz CT molecular complexity index is 1410. The fourth-order valence-corrected chi connectivity index (χ4v) is 3.18. The summed E-state index contributed by atoms with van der Waals surface area (Å²) >= 11 is 0. The summed E-state index contributed by atoms with van der Waals surface area (Å²) in [6.45, 7) is 0. The van der Waals surface area contributed by atoms with Crippen LogP contribution in [0.3, 0.4) is 0 Å². The lowest BCUT2D eigenvalue weighted by Gasteiger charge is -2.11. The summed E-state index contributed by atoms with van der Waals surface area (Å²) in [6, 6.07) is 18.5. The van der Waals surface area contributed by atoms with Crippen LogP contribution < -0.4 is 5.56 Å². The number of hydrogen-bond donors (Lipinski definition) is 0. The first-order chi connectivity index (χ1) is 15.0. The second kappa shape index (κ2) is 7.99. The molecule has 0 aliphatic carbocycles. The highest BCUT2D eigenvalue weighted by atomic mass is 16.6. The van der Waals surface area contributed by atoms with Gasteiger partial charge < -0.3 is 0 Å². The number of non-ortho nitro benzene ring substituents is 1. The molecule has 3 aromatic carbocycles. The molecule has 0 saturated heterocycles. The van der Waals surface area contributed by atoms with Crippen molar-refractivity contribution in [1.82, 2.24) is 9.55 Å². The van der Waals surface area contributed by atoms with Gasteiger partial charge in [-0.3, -0.25) is 29.6 Å². The molecule has 0 unspecified atom stereocenters. The molecule has 0 spiro atoms. The van der Waals surface area contributed by atoms with Crippen LogP contribution in [0.15, 0.2) is 77.6 Å². The molecule has 9 nitrogen and oxygen atoms in total. The zero-order valence-corrected chi connectivity index (χ0v) is 15.9. The van der Waals surface area contributed by atoms with Gasteiger partial charge in [0.25, 0.3) is 16.9 Å². The van der Waals surface area contributed by atoms with Crippen LogP contribution in [0.2, 0.25) is 0 Å². The molecule has 0 amide bonds. The summed E-state index contributed by atoms with van der Waals surface area (Å²) in [5.74, 6) is 0.191. The predicted octanol–water partition coefficient (Wildman–Crippen LogP) is 4.37. The highest BCUT2D eigenvalue weighted by Gasteiger charge is 2.19. The summed E-state index contributed by atoms with van der Waals surface area (Å²) in [5.41, 5.74) is 0.472. The predicted molar refractivity (Wildman–Crippen MR) is 116 cm³/mol. The van der Waals surface area contributed by atoms with E-state index in [1.54, 1.807) is 54.6 Å². The van der Waals surface area contributed by atoms with Crippen molar-refractivity contribution in [3.05, 3.63) is 115 Å². The van der Waals surface area contributed by atoms with Crippen LogP contribution in [0.1, 0.15) is 11.4 Å². The molecule has 1 heterocycles. The highest BCUT2D eigenvalue weighted by molar-refractivity contribution is 5.80. The third-order valence-corrected chi connectivity index (χ3v) is 4.65. The normalized spacial score (nSPS) is 11.1. The van der Waals surface area contributed by atoms with Gasteiger partial charge in [-0.05, 0) is 42.0 Å². The van der Waals surface area contributed by atoms with Crippen molar-refractivity contribution < 1.29 is 9.85 Å². The second-order valence-corrected chi connectivity index (χ2v) is 6.56. The fourth-order valence-electron chi connectivity index (χ4n) is 3.18. The van der Waals surface area contributed by atoms with Gasteiger partial charge in [0.05, 0.1) is 20.7 Å². The van der Waals surface area contributed by atoms with Crippen molar-refractivity contribution in [3.63, 3.8) is 0 Å². The lowest BCUT2D eigenvalue weighted by molar-refractivity contribution is -0.384. The van der Waals surface area contributed by atoms with Gasteiger partial charge in [0.15, 0.2) is 0 Å². The molecule has 0 radical (unpaired) electrons. The van der Waals surface area contributed by atoms with Gasteiger partial charge in [-0.2, -0.15) is 0 Å². The van der Waals surface area contributed by atoms with Gasteiger partial charge in [0, 0.05) is 18.2 Å². The van der Waals surface area contributed by atoms with E-state index in [2.05, 4.69) is 4.98 Å². The Balaban J connectivity index is 1.92. The Labute approximate surface area is 174 Å². The van der Waals surface area contributed by atoms with E-state index < -0.39 is 15.4 Å². The van der Waals surface area contributed by atoms with E-state index in [1.165, 1.54) is 34.9 Å². The monoisotopic (exact) mass is 414 g/mol. The molecule has 9 heteroatoms. The number of rotatable bonds is 5. The SMILES string of the molecule is O=c1c2ccccc2nc(C=Cc2ccc([N+](=O)[O-])cc2)n1-c1ccccc1[N+](=O)[O-]. The first-order valence-electron chi connectivity index (χ1n) is 9.14. The number of hydrogen-bond acceptors (Lipinski definition) is 6. The maximum atomic E-state index is 13.2. The largest absolute Gasteiger partial charge is 0.293 e. The van der Waals surface area contributed by atoms with Gasteiger partial charge in [0.2, 0.25) is 0 Å². The standard InChI is InChI=1S/C22H14N4O5/c27-22-17-5-1-2-6-18(17)23-21(14-11-15-9-12-16(13-10-15)25(28)29)24(22)19-7-3-4-8-20(19)26(30)31/h1-14H. The van der Waals surface area contributed by atoms with E-state index >= 15 is 0 Å². The summed E-state index contributed by atoms with van der Waals surface area (Å²) in [7, 11) is 0. The van der Waals surface area contributed by atoms with Gasteiger partial charge in [0.1, 0.15) is 11.5 Å². The van der Waals surface area contributed by atoms with E-state index in [1.807, 2.05) is 0 Å². The van der Waals surface area contributed by atoms with Crippen molar-refractivity contribution in [3.8, 4) is 5.69 Å². The molecule has 1 aromatic heterocycles. The lowest BCUT2D eigenvalue weighted by atomic mass is 10.2. The molecule has 0 aliphatic rings. The Morgan fingerprint density at radius 2 is 1.48 bits per heavy atom. The summed E-state index contributed by atoms with van der Waals surface area (Å²) in [4.78, 5) is 39.1. The van der Waals surface area contributed by atoms with Crippen molar-refractivity contribution in [1.29, 1.82) is 0 Å². The van der Waals surface area contributed by atoms with E-state index in [0.29, 0.717) is 16.5 Å². The zero-order valence-electron chi connectivity index (χ0n) is 15.9. The van der Waals surface area contributed by atoms with Crippen LogP contribution in [0.25, 0.3) is 28.7 Å². The Hall–Kier alpha value is -4.66. The van der Waals surface area contributed by atoms with Gasteiger partial charge in [-0.1, -0.05) is 30.3 Å². The average molecular weight is 414 g/mol. The third-order valence-electron chi connectivity index (χ3n) is 4.65. The summed E-state index contributed by atoms with van der Waals surface area (Å²) < 4.78 is 1.20. The number of nitro groups is 2. The smallest absolute Gasteiger partial charge is 0.268 e. The molecular formula is C22H14N4O5. The van der Waals surface area contributed by atoms with E-state index in [-0.39, 0.29) is 22.9 Å². The minimum atomic E-state index is -0.555. The van der Waals surface area contributed by atoms with Crippen LogP contribution in [0, 0.1) is 20.2 Å². The zero-order chi connectivity index (χ0) is 22.0. The molecule has 0 saturated carbocycles. The van der Waals surface area contributed by atoms with E-state index in [0.717, 1.165) is 0 Å². The van der Waals surface area contributed by atoms with Gasteiger partial charge >= 0.3 is 0 Å². The fraction of sp³-hybridized carbons (Fsp3) is 0. The molecular weight excluding hydrogens is 400 g/mol. The van der Waals surface area contributed by atoms with Crippen molar-refractivity contribution in [2.24, 2.45) is 0 Å². The first kappa shape index (κ1) is 19.6.